The monoisotopic (exact) mass is 325 g/mol. The van der Waals surface area contributed by atoms with Crippen LogP contribution in [-0.2, 0) is 6.42 Å². The molecule has 4 nitrogen and oxygen atoms in total. The quantitative estimate of drug-likeness (QED) is 0.800. The van der Waals surface area contributed by atoms with Crippen molar-refractivity contribution in [2.45, 2.75) is 64.0 Å². The summed E-state index contributed by atoms with van der Waals surface area (Å²) in [5, 5.41) is 8.00. The third kappa shape index (κ3) is 2.84. The van der Waals surface area contributed by atoms with E-state index in [0.29, 0.717) is 18.6 Å². The molecule has 1 saturated carbocycles. The van der Waals surface area contributed by atoms with Gasteiger partial charge in [-0.25, -0.2) is 0 Å². The maximum Gasteiger partial charge on any atom is 0.251 e. The van der Waals surface area contributed by atoms with Gasteiger partial charge in [-0.1, -0.05) is 12.8 Å². The smallest absolute Gasteiger partial charge is 0.251 e. The van der Waals surface area contributed by atoms with Gasteiger partial charge in [-0.2, -0.15) is 0 Å². The van der Waals surface area contributed by atoms with Crippen LogP contribution in [0.1, 0.15) is 73.1 Å². The average molecular weight is 325 g/mol. The van der Waals surface area contributed by atoms with Gasteiger partial charge in [0.25, 0.3) is 5.91 Å². The predicted molar refractivity (Wildman–Crippen MR) is 97.4 cm³/mol. The Morgan fingerprint density at radius 1 is 1.21 bits per heavy atom. The van der Waals surface area contributed by atoms with Crippen LogP contribution in [0, 0.1) is 0 Å². The maximum absolute atomic E-state index is 12.1. The topological polar surface area (TPSA) is 56.9 Å². The van der Waals surface area contributed by atoms with Crippen molar-refractivity contribution in [3.05, 3.63) is 35.0 Å². The van der Waals surface area contributed by atoms with E-state index in [0.717, 1.165) is 17.5 Å². The fraction of sp³-hybridized carbons (Fsp3) is 0.550. The lowest BCUT2D eigenvalue weighted by Gasteiger charge is -2.27. The summed E-state index contributed by atoms with van der Waals surface area (Å²) in [5.74, 6) is 0.0193. The maximum atomic E-state index is 12.1. The van der Waals surface area contributed by atoms with Gasteiger partial charge >= 0.3 is 0 Å². The molecule has 2 aliphatic carbocycles. The van der Waals surface area contributed by atoms with Crippen LogP contribution in [0.2, 0.25) is 0 Å². The van der Waals surface area contributed by atoms with Crippen molar-refractivity contribution in [2.24, 2.45) is 0 Å². The second-order valence-electron chi connectivity index (χ2n) is 7.23. The average Bonchev–Trinajstić information content (AvgIpc) is 3.22. The molecule has 4 heteroatoms. The van der Waals surface area contributed by atoms with Crippen LogP contribution in [0.4, 0.5) is 0 Å². The molecule has 128 valence electrons. The summed E-state index contributed by atoms with van der Waals surface area (Å²) >= 11 is 0. The largest absolute Gasteiger partial charge is 0.357 e. The summed E-state index contributed by atoms with van der Waals surface area (Å²) in [6.45, 7) is 2.61. The first-order valence-corrected chi connectivity index (χ1v) is 9.45. The molecule has 0 bridgehead atoms. The third-order valence-corrected chi connectivity index (χ3v) is 5.60. The first-order valence-electron chi connectivity index (χ1n) is 9.45. The number of hydrogen-bond acceptors (Lipinski definition) is 2. The Hall–Kier alpha value is -1.81. The summed E-state index contributed by atoms with van der Waals surface area (Å²) in [5.41, 5.74) is 4.69. The first-order chi connectivity index (χ1) is 11.8. The van der Waals surface area contributed by atoms with Crippen LogP contribution in [0.15, 0.2) is 18.2 Å². The number of nitrogens with one attached hydrogen (secondary N) is 3. The summed E-state index contributed by atoms with van der Waals surface area (Å²) in [7, 11) is 0. The van der Waals surface area contributed by atoms with Crippen LogP contribution >= 0.6 is 0 Å². The van der Waals surface area contributed by atoms with Gasteiger partial charge in [0.05, 0.1) is 0 Å². The molecular formula is C20H27N3O. The van der Waals surface area contributed by atoms with Crippen LogP contribution < -0.4 is 10.6 Å². The summed E-state index contributed by atoms with van der Waals surface area (Å²) in [4.78, 5) is 15.8. The molecular weight excluding hydrogens is 298 g/mol. The van der Waals surface area contributed by atoms with E-state index in [2.05, 4.69) is 27.8 Å². The van der Waals surface area contributed by atoms with Crippen molar-refractivity contribution >= 4 is 16.8 Å². The molecule has 0 aliphatic heterocycles. The van der Waals surface area contributed by atoms with Gasteiger partial charge in [-0.3, -0.25) is 4.79 Å². The highest BCUT2D eigenvalue weighted by Crippen LogP contribution is 2.36. The molecule has 1 aromatic heterocycles. The molecule has 1 amide bonds. The molecule has 24 heavy (non-hydrogen) atoms. The Kier molecular flexibility index (Phi) is 4.31. The van der Waals surface area contributed by atoms with E-state index in [4.69, 9.17) is 0 Å². The molecule has 1 atom stereocenters. The van der Waals surface area contributed by atoms with Crippen molar-refractivity contribution in [2.75, 3.05) is 6.54 Å². The van der Waals surface area contributed by atoms with E-state index >= 15 is 0 Å². The van der Waals surface area contributed by atoms with Crippen molar-refractivity contribution in [1.82, 2.24) is 15.6 Å². The highest BCUT2D eigenvalue weighted by Gasteiger charge is 2.27. The molecule has 1 heterocycles. The van der Waals surface area contributed by atoms with Crippen LogP contribution in [-0.4, -0.2) is 23.5 Å². The molecule has 2 aromatic rings. The number of carbonyl (C=O) groups excluding carboxylic acids is 1. The standard InChI is InChI=1S/C20H27N3O/c1-2-21-20(24)13-10-11-17-16(12-13)15-8-5-9-18(19(15)23-17)22-14-6-3-4-7-14/h10-12,14,18,22-23H,2-9H2,1H3,(H,21,24). The SMILES string of the molecule is CCNC(=O)c1ccc2[nH]c3c(c2c1)CCCC3NC1CCCC1. The van der Waals surface area contributed by atoms with Crippen LogP contribution in [0.3, 0.4) is 0 Å². The number of fused-ring (bicyclic) bond motifs is 3. The highest BCUT2D eigenvalue weighted by molar-refractivity contribution is 5.99. The van der Waals surface area contributed by atoms with Gasteiger partial charge in [-0.05, 0) is 62.8 Å². The summed E-state index contributed by atoms with van der Waals surface area (Å²) in [6, 6.07) is 7.17. The number of H-pyrrole nitrogens is 1. The van der Waals surface area contributed by atoms with Crippen molar-refractivity contribution in [3.8, 4) is 0 Å². The van der Waals surface area contributed by atoms with Gasteiger partial charge in [0.15, 0.2) is 0 Å². The molecule has 1 aromatic carbocycles. The number of rotatable bonds is 4. The van der Waals surface area contributed by atoms with Crippen molar-refractivity contribution in [3.63, 3.8) is 0 Å². The molecule has 0 spiro atoms. The summed E-state index contributed by atoms with van der Waals surface area (Å²) in [6.07, 6.45) is 8.88. The third-order valence-electron chi connectivity index (χ3n) is 5.60. The summed E-state index contributed by atoms with van der Waals surface area (Å²) < 4.78 is 0. The zero-order valence-electron chi connectivity index (χ0n) is 14.5. The van der Waals surface area contributed by atoms with E-state index in [9.17, 15) is 4.79 Å². The van der Waals surface area contributed by atoms with E-state index in [1.165, 1.54) is 55.2 Å². The lowest BCUT2D eigenvalue weighted by Crippen LogP contribution is -2.32. The van der Waals surface area contributed by atoms with E-state index in [1.807, 2.05) is 13.0 Å². The minimum atomic E-state index is 0.0193. The second kappa shape index (κ2) is 6.60. The number of aromatic amines is 1. The number of aryl methyl sites for hydroxylation is 1. The molecule has 1 fully saturated rings. The lowest BCUT2D eigenvalue weighted by atomic mass is 9.90. The number of hydrogen-bond donors (Lipinski definition) is 3. The van der Waals surface area contributed by atoms with Crippen molar-refractivity contribution < 1.29 is 4.79 Å². The van der Waals surface area contributed by atoms with Crippen LogP contribution in [0.25, 0.3) is 10.9 Å². The number of amides is 1. The van der Waals surface area contributed by atoms with E-state index in [-0.39, 0.29) is 5.91 Å². The van der Waals surface area contributed by atoms with E-state index in [1.54, 1.807) is 0 Å². The fourth-order valence-corrected chi connectivity index (χ4v) is 4.41. The zero-order valence-corrected chi connectivity index (χ0v) is 14.5. The molecule has 3 N–H and O–H groups in total. The fourth-order valence-electron chi connectivity index (χ4n) is 4.41. The van der Waals surface area contributed by atoms with Gasteiger partial charge in [0, 0.05) is 40.8 Å². The Balaban J connectivity index is 1.66. The lowest BCUT2D eigenvalue weighted by molar-refractivity contribution is 0.0956. The number of carbonyl (C=O) groups is 1. The Morgan fingerprint density at radius 3 is 2.83 bits per heavy atom. The van der Waals surface area contributed by atoms with Gasteiger partial charge in [-0.15, -0.1) is 0 Å². The Morgan fingerprint density at radius 2 is 2.04 bits per heavy atom. The molecule has 4 rings (SSSR count). The minimum absolute atomic E-state index is 0.0193. The van der Waals surface area contributed by atoms with Crippen LogP contribution in [0.5, 0.6) is 0 Å². The zero-order chi connectivity index (χ0) is 16.5. The number of benzene rings is 1. The molecule has 0 radical (unpaired) electrons. The Bertz CT molecular complexity index is 743. The normalized spacial score (nSPS) is 21.1. The van der Waals surface area contributed by atoms with Crippen molar-refractivity contribution in [1.29, 1.82) is 0 Å². The minimum Gasteiger partial charge on any atom is -0.357 e. The number of aromatic nitrogens is 1. The van der Waals surface area contributed by atoms with E-state index < -0.39 is 0 Å². The first kappa shape index (κ1) is 15.7. The molecule has 2 aliphatic rings. The molecule has 0 saturated heterocycles. The molecule has 1 unspecified atom stereocenters. The Labute approximate surface area is 143 Å². The van der Waals surface area contributed by atoms with Gasteiger partial charge in [0.2, 0.25) is 0 Å². The predicted octanol–water partition coefficient (Wildman–Crippen LogP) is 3.83. The highest BCUT2D eigenvalue weighted by atomic mass is 16.1. The second-order valence-corrected chi connectivity index (χ2v) is 7.23. The van der Waals surface area contributed by atoms with Gasteiger partial charge < -0.3 is 15.6 Å². The van der Waals surface area contributed by atoms with Gasteiger partial charge in [0.1, 0.15) is 0 Å².